The van der Waals surface area contributed by atoms with E-state index in [0.29, 0.717) is 33.5 Å². The van der Waals surface area contributed by atoms with E-state index in [0.717, 1.165) is 12.0 Å². The number of ether oxygens (including phenoxy) is 1. The molecule has 1 N–H and O–H groups in total. The Balaban J connectivity index is 1.91. The number of hydrogen-bond acceptors (Lipinski definition) is 3. The van der Waals surface area contributed by atoms with Gasteiger partial charge in [0, 0.05) is 16.5 Å². The molecule has 0 fully saturated rings. The number of nitrogens with one attached hydrogen (secondary N) is 1. The molecule has 0 saturated carbocycles. The first-order valence-corrected chi connectivity index (χ1v) is 10.7. The zero-order valence-corrected chi connectivity index (χ0v) is 18.5. The summed E-state index contributed by atoms with van der Waals surface area (Å²) in [6.45, 7) is 3.84. The van der Waals surface area contributed by atoms with Crippen molar-refractivity contribution in [3.05, 3.63) is 106 Å². The summed E-state index contributed by atoms with van der Waals surface area (Å²) in [4.78, 5) is 27.1. The van der Waals surface area contributed by atoms with Crippen LogP contribution in [0.25, 0.3) is 16.5 Å². The van der Waals surface area contributed by atoms with Gasteiger partial charge in [-0.1, -0.05) is 67.6 Å². The Morgan fingerprint density at radius 2 is 1.56 bits per heavy atom. The molecule has 0 aliphatic carbocycles. The molecule has 0 spiro atoms. The lowest BCUT2D eigenvalue weighted by atomic mass is 10.0. The van der Waals surface area contributed by atoms with Crippen LogP contribution in [0.5, 0.6) is 5.75 Å². The number of benzene rings is 3. The molecule has 3 aromatic carbocycles. The third-order valence-corrected chi connectivity index (χ3v) is 5.80. The van der Waals surface area contributed by atoms with Gasteiger partial charge in [0.1, 0.15) is 5.75 Å². The van der Waals surface area contributed by atoms with Crippen LogP contribution >= 0.6 is 0 Å². The molecule has 0 bridgehead atoms. The Hall–Kier alpha value is -3.86. The van der Waals surface area contributed by atoms with Crippen LogP contribution < -0.4 is 15.6 Å². The number of aromatic nitrogens is 1. The fraction of sp³-hybridized carbons (Fsp3) is 0.185. The van der Waals surface area contributed by atoms with E-state index in [4.69, 9.17) is 4.74 Å². The lowest BCUT2D eigenvalue weighted by Crippen LogP contribution is -2.32. The molecule has 0 aliphatic rings. The maximum absolute atomic E-state index is 13.6. The summed E-state index contributed by atoms with van der Waals surface area (Å²) in [6, 6.07) is 24.3. The van der Waals surface area contributed by atoms with E-state index in [1.54, 1.807) is 30.7 Å². The van der Waals surface area contributed by atoms with Crippen LogP contribution in [0.15, 0.2) is 83.7 Å². The standard InChI is InChI=1S/C27H26N2O3/c1-4-22(19-12-6-5-7-13-19)28-26(30)25-18(2)29(23-16-10-11-17-24(23)32-3)27(31)21-15-9-8-14-20(21)25/h5-17,22H,4H2,1-3H3,(H,28,30)/t22-/m0/s1. The van der Waals surface area contributed by atoms with E-state index >= 15 is 0 Å². The van der Waals surface area contributed by atoms with Gasteiger partial charge < -0.3 is 10.1 Å². The van der Waals surface area contributed by atoms with Gasteiger partial charge in [0.2, 0.25) is 0 Å². The smallest absolute Gasteiger partial charge is 0.263 e. The van der Waals surface area contributed by atoms with Gasteiger partial charge in [0.15, 0.2) is 0 Å². The molecule has 0 aliphatic heterocycles. The second-order valence-electron chi connectivity index (χ2n) is 7.66. The summed E-state index contributed by atoms with van der Waals surface area (Å²) in [5, 5.41) is 4.30. The molecule has 0 unspecified atom stereocenters. The molecule has 1 aromatic heterocycles. The summed E-state index contributed by atoms with van der Waals surface area (Å²) >= 11 is 0. The molecule has 5 nitrogen and oxygen atoms in total. The van der Waals surface area contributed by atoms with Crippen molar-refractivity contribution in [2.45, 2.75) is 26.3 Å². The van der Waals surface area contributed by atoms with Crippen molar-refractivity contribution < 1.29 is 9.53 Å². The first-order valence-electron chi connectivity index (χ1n) is 10.7. The predicted molar refractivity (Wildman–Crippen MR) is 128 cm³/mol. The number of carbonyl (C=O) groups is 1. The Kier molecular flexibility index (Phi) is 6.08. The molecule has 1 atom stereocenters. The van der Waals surface area contributed by atoms with Gasteiger partial charge >= 0.3 is 0 Å². The Morgan fingerprint density at radius 1 is 0.938 bits per heavy atom. The average Bonchev–Trinajstić information content (AvgIpc) is 2.83. The zero-order chi connectivity index (χ0) is 22.7. The Morgan fingerprint density at radius 3 is 2.25 bits per heavy atom. The minimum Gasteiger partial charge on any atom is -0.495 e. The van der Waals surface area contributed by atoms with E-state index in [2.05, 4.69) is 5.32 Å². The second kappa shape index (κ2) is 9.10. The minimum atomic E-state index is -0.210. The topological polar surface area (TPSA) is 60.3 Å². The molecule has 1 amide bonds. The number of carbonyl (C=O) groups excluding carboxylic acids is 1. The van der Waals surface area contributed by atoms with Crippen molar-refractivity contribution in [3.63, 3.8) is 0 Å². The summed E-state index contributed by atoms with van der Waals surface area (Å²) < 4.78 is 7.07. The van der Waals surface area contributed by atoms with Crippen LogP contribution in [-0.4, -0.2) is 17.6 Å². The molecule has 0 radical (unpaired) electrons. The third-order valence-electron chi connectivity index (χ3n) is 5.80. The van der Waals surface area contributed by atoms with Gasteiger partial charge in [0.05, 0.1) is 24.4 Å². The predicted octanol–water partition coefficient (Wildman–Crippen LogP) is 5.19. The molecular formula is C27H26N2O3. The van der Waals surface area contributed by atoms with Crippen LogP contribution in [0, 0.1) is 6.92 Å². The van der Waals surface area contributed by atoms with Crippen LogP contribution in [-0.2, 0) is 0 Å². The van der Waals surface area contributed by atoms with Crippen molar-refractivity contribution in [1.82, 2.24) is 9.88 Å². The quantitative estimate of drug-likeness (QED) is 0.462. The van der Waals surface area contributed by atoms with E-state index < -0.39 is 0 Å². The van der Waals surface area contributed by atoms with Crippen molar-refractivity contribution >= 4 is 16.7 Å². The first-order chi connectivity index (χ1) is 15.6. The lowest BCUT2D eigenvalue weighted by Gasteiger charge is -2.21. The maximum atomic E-state index is 13.6. The summed E-state index contributed by atoms with van der Waals surface area (Å²) in [5.41, 5.74) is 2.52. The van der Waals surface area contributed by atoms with Gasteiger partial charge in [-0.15, -0.1) is 0 Å². The molecule has 32 heavy (non-hydrogen) atoms. The number of methoxy groups -OCH3 is 1. The van der Waals surface area contributed by atoms with Gasteiger partial charge in [-0.05, 0) is 37.1 Å². The summed E-state index contributed by atoms with van der Waals surface area (Å²) in [7, 11) is 1.57. The number of rotatable bonds is 6. The van der Waals surface area contributed by atoms with Crippen LogP contribution in [0.4, 0.5) is 0 Å². The van der Waals surface area contributed by atoms with Crippen molar-refractivity contribution in [2.24, 2.45) is 0 Å². The second-order valence-corrected chi connectivity index (χ2v) is 7.66. The van der Waals surface area contributed by atoms with Gasteiger partial charge in [0.25, 0.3) is 11.5 Å². The fourth-order valence-corrected chi connectivity index (χ4v) is 4.20. The number of nitrogens with zero attached hydrogens (tertiary/aromatic N) is 1. The number of fused-ring (bicyclic) bond motifs is 1. The molecule has 5 heteroatoms. The third kappa shape index (κ3) is 3.78. The number of amides is 1. The molecule has 4 aromatic rings. The molecule has 0 saturated heterocycles. The van der Waals surface area contributed by atoms with Crippen molar-refractivity contribution in [1.29, 1.82) is 0 Å². The first kappa shape index (κ1) is 21.4. The maximum Gasteiger partial charge on any atom is 0.263 e. The SMILES string of the molecule is CC[C@H](NC(=O)c1c(C)n(-c2ccccc2OC)c(=O)c2ccccc12)c1ccccc1. The molecular weight excluding hydrogens is 400 g/mol. The van der Waals surface area contributed by atoms with Gasteiger partial charge in [-0.2, -0.15) is 0 Å². The van der Waals surface area contributed by atoms with Crippen LogP contribution in [0.2, 0.25) is 0 Å². The lowest BCUT2D eigenvalue weighted by molar-refractivity contribution is 0.0936. The van der Waals surface area contributed by atoms with Crippen LogP contribution in [0.3, 0.4) is 0 Å². The normalized spacial score (nSPS) is 11.8. The van der Waals surface area contributed by atoms with Gasteiger partial charge in [-0.25, -0.2) is 0 Å². The van der Waals surface area contributed by atoms with E-state index in [1.807, 2.05) is 73.7 Å². The minimum absolute atomic E-state index is 0.131. The highest BCUT2D eigenvalue weighted by atomic mass is 16.5. The highest BCUT2D eigenvalue weighted by Gasteiger charge is 2.23. The van der Waals surface area contributed by atoms with Crippen molar-refractivity contribution in [3.8, 4) is 11.4 Å². The zero-order valence-electron chi connectivity index (χ0n) is 18.5. The Bertz CT molecular complexity index is 1330. The van der Waals surface area contributed by atoms with Crippen LogP contribution in [0.1, 0.15) is 41.0 Å². The summed E-state index contributed by atoms with van der Waals surface area (Å²) in [6.07, 6.45) is 0.749. The number of pyridine rings is 1. The van der Waals surface area contributed by atoms with Crippen molar-refractivity contribution in [2.75, 3.05) is 7.11 Å². The van der Waals surface area contributed by atoms with E-state index in [9.17, 15) is 9.59 Å². The molecule has 162 valence electrons. The van der Waals surface area contributed by atoms with E-state index in [-0.39, 0.29) is 17.5 Å². The molecule has 1 heterocycles. The van der Waals surface area contributed by atoms with E-state index in [1.165, 1.54) is 0 Å². The number of para-hydroxylation sites is 2. The largest absolute Gasteiger partial charge is 0.495 e. The highest BCUT2D eigenvalue weighted by Crippen LogP contribution is 2.27. The molecule has 4 rings (SSSR count). The monoisotopic (exact) mass is 426 g/mol. The van der Waals surface area contributed by atoms with Gasteiger partial charge in [-0.3, -0.25) is 14.2 Å². The average molecular weight is 427 g/mol. The number of hydrogen-bond donors (Lipinski definition) is 1. The fourth-order valence-electron chi connectivity index (χ4n) is 4.20. The summed E-state index contributed by atoms with van der Waals surface area (Å²) in [5.74, 6) is 0.355. The highest BCUT2D eigenvalue weighted by molar-refractivity contribution is 6.08. The Labute approximate surface area is 187 Å².